The molecular weight excluding hydrogens is 440 g/mol. The number of fused-ring (bicyclic) bond motifs is 1. The molecule has 1 aliphatic heterocycles. The second-order valence-corrected chi connectivity index (χ2v) is 8.13. The van der Waals surface area contributed by atoms with Crippen LogP contribution in [0.3, 0.4) is 0 Å². The molecule has 2 aromatic carbocycles. The van der Waals surface area contributed by atoms with Crippen molar-refractivity contribution < 1.29 is 27.2 Å². The first kappa shape index (κ1) is 22.6. The van der Waals surface area contributed by atoms with Crippen LogP contribution in [0.4, 0.5) is 39.4 Å². The smallest absolute Gasteiger partial charge is 0.324 e. The number of halogens is 4. The Morgan fingerprint density at radius 1 is 1.06 bits per heavy atom. The predicted molar refractivity (Wildman–Crippen MR) is 113 cm³/mol. The van der Waals surface area contributed by atoms with Gasteiger partial charge in [-0.05, 0) is 49.2 Å². The fourth-order valence-corrected chi connectivity index (χ4v) is 4.66. The lowest BCUT2D eigenvalue weighted by Gasteiger charge is -2.32. The third kappa shape index (κ3) is 4.11. The van der Waals surface area contributed by atoms with Crippen molar-refractivity contribution in [3.63, 3.8) is 0 Å². The molecule has 1 saturated heterocycles. The molecule has 33 heavy (non-hydrogen) atoms. The monoisotopic (exact) mass is 460 g/mol. The molecule has 2 aromatic rings. The van der Waals surface area contributed by atoms with Crippen molar-refractivity contribution >= 4 is 29.0 Å². The number of benzene rings is 2. The van der Waals surface area contributed by atoms with Crippen LogP contribution in [0.15, 0.2) is 36.4 Å². The molecule has 1 saturated carbocycles. The van der Waals surface area contributed by atoms with E-state index in [0.29, 0.717) is 12.8 Å². The third-order valence-corrected chi connectivity index (χ3v) is 6.02. The van der Waals surface area contributed by atoms with Gasteiger partial charge in [-0.15, -0.1) is 0 Å². The Bertz CT molecular complexity index is 1160. The number of urea groups is 1. The summed E-state index contributed by atoms with van der Waals surface area (Å²) < 4.78 is 55.1. The standard InChI is InChI=1S/C23H20F4N4O2/c1-13(32)29-19-9-8-16(11-18(19)24)31-21-5-3-2-4-20(21)30(22(31)33)15-7-6-14(12-28)17(10-15)23(25,26)27/h6-11,20-21H,2-5H2,1H3,(H,29,32). The average molecular weight is 460 g/mol. The fourth-order valence-electron chi connectivity index (χ4n) is 4.66. The van der Waals surface area contributed by atoms with E-state index in [1.165, 1.54) is 34.9 Å². The minimum atomic E-state index is -4.75. The van der Waals surface area contributed by atoms with Gasteiger partial charge in [0.2, 0.25) is 5.91 Å². The van der Waals surface area contributed by atoms with Gasteiger partial charge in [-0.1, -0.05) is 12.8 Å². The molecule has 10 heteroatoms. The average Bonchev–Trinajstić information content (AvgIpc) is 3.05. The first-order chi connectivity index (χ1) is 15.6. The second kappa shape index (κ2) is 8.39. The quantitative estimate of drug-likeness (QED) is 0.621. The molecule has 1 aliphatic carbocycles. The largest absolute Gasteiger partial charge is 0.417 e. The molecule has 0 bridgehead atoms. The van der Waals surface area contributed by atoms with Crippen LogP contribution in [0.5, 0.6) is 0 Å². The summed E-state index contributed by atoms with van der Waals surface area (Å²) in [5.41, 5.74) is -1.36. The van der Waals surface area contributed by atoms with E-state index in [9.17, 15) is 27.2 Å². The van der Waals surface area contributed by atoms with E-state index < -0.39 is 41.1 Å². The summed E-state index contributed by atoms with van der Waals surface area (Å²) in [6.07, 6.45) is -1.92. The zero-order valence-corrected chi connectivity index (χ0v) is 17.6. The zero-order chi connectivity index (χ0) is 23.9. The third-order valence-electron chi connectivity index (χ3n) is 6.02. The van der Waals surface area contributed by atoms with Gasteiger partial charge in [-0.3, -0.25) is 14.6 Å². The van der Waals surface area contributed by atoms with Crippen molar-refractivity contribution in [1.82, 2.24) is 0 Å². The van der Waals surface area contributed by atoms with Crippen LogP contribution in [0.25, 0.3) is 0 Å². The number of hydrogen-bond donors (Lipinski definition) is 1. The van der Waals surface area contributed by atoms with E-state index in [-0.39, 0.29) is 23.1 Å². The molecule has 0 aromatic heterocycles. The van der Waals surface area contributed by atoms with Crippen LogP contribution in [-0.4, -0.2) is 24.0 Å². The number of rotatable bonds is 3. The normalized spacial score (nSPS) is 20.4. The van der Waals surface area contributed by atoms with Crippen LogP contribution in [0.2, 0.25) is 0 Å². The molecule has 1 heterocycles. The number of nitrogens with zero attached hydrogens (tertiary/aromatic N) is 3. The number of nitrogens with one attached hydrogen (secondary N) is 1. The van der Waals surface area contributed by atoms with Crippen molar-refractivity contribution in [2.75, 3.05) is 15.1 Å². The molecule has 0 radical (unpaired) electrons. The SMILES string of the molecule is CC(=O)Nc1ccc(N2C(=O)N(c3ccc(C#N)c(C(F)(F)F)c3)C3CCCCC32)cc1F. The summed E-state index contributed by atoms with van der Waals surface area (Å²) in [5, 5.41) is 11.4. The number of alkyl halides is 3. The van der Waals surface area contributed by atoms with Crippen LogP contribution in [0, 0.1) is 17.1 Å². The lowest BCUT2D eigenvalue weighted by Crippen LogP contribution is -2.40. The summed E-state index contributed by atoms with van der Waals surface area (Å²) in [7, 11) is 0. The Morgan fingerprint density at radius 2 is 1.64 bits per heavy atom. The maximum Gasteiger partial charge on any atom is 0.417 e. The van der Waals surface area contributed by atoms with Crippen molar-refractivity contribution in [2.45, 2.75) is 50.9 Å². The van der Waals surface area contributed by atoms with Gasteiger partial charge < -0.3 is 5.32 Å². The molecule has 6 nitrogen and oxygen atoms in total. The number of amides is 3. The van der Waals surface area contributed by atoms with Crippen molar-refractivity contribution in [2.24, 2.45) is 0 Å². The lowest BCUT2D eigenvalue weighted by atomic mass is 9.89. The maximum atomic E-state index is 14.6. The fraction of sp³-hybridized carbons (Fsp3) is 0.348. The molecular formula is C23H20F4N4O2. The molecule has 1 N–H and O–H groups in total. The molecule has 4 rings (SSSR count). The minimum absolute atomic E-state index is 0.0307. The van der Waals surface area contributed by atoms with E-state index in [0.717, 1.165) is 31.0 Å². The first-order valence-corrected chi connectivity index (χ1v) is 10.4. The van der Waals surface area contributed by atoms with Gasteiger partial charge >= 0.3 is 12.2 Å². The highest BCUT2D eigenvalue weighted by Gasteiger charge is 2.48. The van der Waals surface area contributed by atoms with Crippen LogP contribution >= 0.6 is 0 Å². The molecule has 172 valence electrons. The van der Waals surface area contributed by atoms with Crippen LogP contribution in [-0.2, 0) is 11.0 Å². The molecule has 2 atom stereocenters. The van der Waals surface area contributed by atoms with Gasteiger partial charge in [0.1, 0.15) is 5.82 Å². The van der Waals surface area contributed by atoms with Gasteiger partial charge in [-0.2, -0.15) is 18.4 Å². The summed E-state index contributed by atoms with van der Waals surface area (Å²) in [6.45, 7) is 1.24. The summed E-state index contributed by atoms with van der Waals surface area (Å²) in [6, 6.07) is 7.46. The highest BCUT2D eigenvalue weighted by atomic mass is 19.4. The Labute approximate surface area is 187 Å². The van der Waals surface area contributed by atoms with Gasteiger partial charge in [-0.25, -0.2) is 9.18 Å². The van der Waals surface area contributed by atoms with Crippen molar-refractivity contribution in [3.05, 3.63) is 53.3 Å². The molecule has 2 unspecified atom stereocenters. The predicted octanol–water partition coefficient (Wildman–Crippen LogP) is 5.43. The minimum Gasteiger partial charge on any atom is -0.324 e. The van der Waals surface area contributed by atoms with Gasteiger partial charge in [0.05, 0.1) is 35.0 Å². The van der Waals surface area contributed by atoms with Crippen molar-refractivity contribution in [1.29, 1.82) is 5.26 Å². The molecule has 2 aliphatic rings. The Hall–Kier alpha value is -3.61. The number of carbonyl (C=O) groups is 2. The van der Waals surface area contributed by atoms with E-state index in [1.807, 2.05) is 0 Å². The number of anilines is 3. The van der Waals surface area contributed by atoms with Crippen LogP contribution in [0.1, 0.15) is 43.7 Å². The zero-order valence-electron chi connectivity index (χ0n) is 17.6. The lowest BCUT2D eigenvalue weighted by molar-refractivity contribution is -0.137. The first-order valence-electron chi connectivity index (χ1n) is 10.4. The summed E-state index contributed by atoms with van der Waals surface area (Å²) >= 11 is 0. The highest BCUT2D eigenvalue weighted by Crippen LogP contribution is 2.42. The van der Waals surface area contributed by atoms with Gasteiger partial charge in [0.25, 0.3) is 0 Å². The van der Waals surface area contributed by atoms with E-state index in [2.05, 4.69) is 5.32 Å². The van der Waals surface area contributed by atoms with Gasteiger partial charge in [0.15, 0.2) is 0 Å². The molecule has 0 spiro atoms. The van der Waals surface area contributed by atoms with Crippen molar-refractivity contribution in [3.8, 4) is 6.07 Å². The van der Waals surface area contributed by atoms with E-state index in [4.69, 9.17) is 5.26 Å². The second-order valence-electron chi connectivity index (χ2n) is 8.13. The molecule has 3 amide bonds. The molecule has 2 fully saturated rings. The van der Waals surface area contributed by atoms with E-state index >= 15 is 0 Å². The highest BCUT2D eigenvalue weighted by molar-refractivity contribution is 6.08. The number of nitriles is 1. The summed E-state index contributed by atoms with van der Waals surface area (Å²) in [5.74, 6) is -1.17. The summed E-state index contributed by atoms with van der Waals surface area (Å²) in [4.78, 5) is 27.4. The Morgan fingerprint density at radius 3 is 2.15 bits per heavy atom. The maximum absolute atomic E-state index is 14.6. The van der Waals surface area contributed by atoms with E-state index in [1.54, 1.807) is 6.07 Å². The van der Waals surface area contributed by atoms with Crippen LogP contribution < -0.4 is 15.1 Å². The topological polar surface area (TPSA) is 76.4 Å². The number of hydrogen-bond acceptors (Lipinski definition) is 3. The van der Waals surface area contributed by atoms with Gasteiger partial charge in [0, 0.05) is 18.3 Å². The Kier molecular flexibility index (Phi) is 5.74. The number of carbonyl (C=O) groups excluding carboxylic acids is 2. The Balaban J connectivity index is 1.75.